The molecule has 0 bridgehead atoms. The van der Waals surface area contributed by atoms with Gasteiger partial charge in [0.1, 0.15) is 0 Å². The topological polar surface area (TPSA) is 21.1 Å². The molecule has 3 nitrogen and oxygen atoms in total. The van der Waals surface area contributed by atoms with Crippen LogP contribution in [-0.2, 0) is 12.8 Å². The molecule has 2 aliphatic rings. The SMILES string of the molecule is CC1CCc2c(cnn2C2CCN(C(C)C)CC2)C1. The lowest BCUT2D eigenvalue weighted by atomic mass is 9.89. The second-order valence-corrected chi connectivity index (χ2v) is 6.77. The van der Waals surface area contributed by atoms with Gasteiger partial charge in [0.05, 0.1) is 12.2 Å². The molecule has 0 saturated carbocycles. The average molecular weight is 261 g/mol. The number of rotatable bonds is 2. The number of likely N-dealkylation sites (tertiary alicyclic amines) is 1. The van der Waals surface area contributed by atoms with E-state index in [0.29, 0.717) is 12.1 Å². The van der Waals surface area contributed by atoms with Crippen LogP contribution in [0.4, 0.5) is 0 Å². The summed E-state index contributed by atoms with van der Waals surface area (Å²) in [6.07, 6.45) is 8.48. The van der Waals surface area contributed by atoms with Crippen molar-refractivity contribution in [3.63, 3.8) is 0 Å². The van der Waals surface area contributed by atoms with Crippen LogP contribution in [0.15, 0.2) is 6.20 Å². The van der Waals surface area contributed by atoms with E-state index in [1.807, 2.05) is 0 Å². The molecule has 1 aliphatic carbocycles. The summed E-state index contributed by atoms with van der Waals surface area (Å²) in [5.74, 6) is 0.841. The summed E-state index contributed by atoms with van der Waals surface area (Å²) in [7, 11) is 0. The van der Waals surface area contributed by atoms with Gasteiger partial charge in [-0.3, -0.25) is 4.68 Å². The molecule has 0 aromatic carbocycles. The molecule has 1 atom stereocenters. The Morgan fingerprint density at radius 1 is 1.21 bits per heavy atom. The third-order valence-electron chi connectivity index (χ3n) is 5.00. The lowest BCUT2D eigenvalue weighted by Crippen LogP contribution is -2.39. The van der Waals surface area contributed by atoms with Crippen molar-refractivity contribution in [1.82, 2.24) is 14.7 Å². The second kappa shape index (κ2) is 5.28. The van der Waals surface area contributed by atoms with Crippen LogP contribution in [0.3, 0.4) is 0 Å². The lowest BCUT2D eigenvalue weighted by Gasteiger charge is -2.35. The normalized spacial score (nSPS) is 25.8. The number of hydrogen-bond acceptors (Lipinski definition) is 2. The monoisotopic (exact) mass is 261 g/mol. The highest BCUT2D eigenvalue weighted by Crippen LogP contribution is 2.30. The number of piperidine rings is 1. The highest BCUT2D eigenvalue weighted by atomic mass is 15.3. The molecule has 1 aromatic rings. The van der Waals surface area contributed by atoms with Crippen molar-refractivity contribution in [1.29, 1.82) is 0 Å². The number of hydrogen-bond donors (Lipinski definition) is 0. The predicted molar refractivity (Wildman–Crippen MR) is 78.4 cm³/mol. The van der Waals surface area contributed by atoms with Crippen molar-refractivity contribution < 1.29 is 0 Å². The van der Waals surface area contributed by atoms with E-state index >= 15 is 0 Å². The molecular weight excluding hydrogens is 234 g/mol. The molecule has 1 aliphatic heterocycles. The first-order valence-corrected chi connectivity index (χ1v) is 7.94. The Hall–Kier alpha value is -0.830. The van der Waals surface area contributed by atoms with Gasteiger partial charge in [-0.15, -0.1) is 0 Å². The average Bonchev–Trinajstić information content (AvgIpc) is 2.81. The Kier molecular flexibility index (Phi) is 3.66. The van der Waals surface area contributed by atoms with Gasteiger partial charge in [-0.05, 0) is 57.4 Å². The third kappa shape index (κ3) is 2.58. The van der Waals surface area contributed by atoms with Gasteiger partial charge in [0, 0.05) is 24.8 Å². The Labute approximate surface area is 117 Å². The quantitative estimate of drug-likeness (QED) is 0.816. The van der Waals surface area contributed by atoms with Crippen molar-refractivity contribution in [3.8, 4) is 0 Å². The van der Waals surface area contributed by atoms with Gasteiger partial charge in [0.25, 0.3) is 0 Å². The number of aromatic nitrogens is 2. The fourth-order valence-electron chi connectivity index (χ4n) is 3.69. The van der Waals surface area contributed by atoms with Gasteiger partial charge in [0.15, 0.2) is 0 Å². The van der Waals surface area contributed by atoms with Crippen molar-refractivity contribution in [2.45, 2.75) is 65.0 Å². The maximum atomic E-state index is 4.72. The molecule has 106 valence electrons. The molecule has 1 aromatic heterocycles. The highest BCUT2D eigenvalue weighted by molar-refractivity contribution is 5.22. The van der Waals surface area contributed by atoms with Crippen LogP contribution in [-0.4, -0.2) is 33.8 Å². The molecule has 1 fully saturated rings. The molecular formula is C16H27N3. The van der Waals surface area contributed by atoms with Crippen molar-refractivity contribution >= 4 is 0 Å². The Bertz CT molecular complexity index is 427. The standard InChI is InChI=1S/C16H27N3/c1-12(2)18-8-6-15(7-9-18)19-16-5-4-13(3)10-14(16)11-17-19/h11-13,15H,4-10H2,1-3H3. The summed E-state index contributed by atoms with van der Waals surface area (Å²) in [6, 6.07) is 1.33. The van der Waals surface area contributed by atoms with Crippen LogP contribution >= 0.6 is 0 Å². The Morgan fingerprint density at radius 3 is 2.63 bits per heavy atom. The number of fused-ring (bicyclic) bond motifs is 1. The minimum atomic E-state index is 0.646. The predicted octanol–water partition coefficient (Wildman–Crippen LogP) is 3.05. The van der Waals surface area contributed by atoms with Crippen LogP contribution in [0.25, 0.3) is 0 Å². The van der Waals surface area contributed by atoms with Crippen LogP contribution in [0.1, 0.15) is 57.3 Å². The van der Waals surface area contributed by atoms with Crippen LogP contribution in [0, 0.1) is 5.92 Å². The fourth-order valence-corrected chi connectivity index (χ4v) is 3.69. The molecule has 1 unspecified atom stereocenters. The fraction of sp³-hybridized carbons (Fsp3) is 0.812. The first-order chi connectivity index (χ1) is 9.15. The van der Waals surface area contributed by atoms with E-state index in [9.17, 15) is 0 Å². The van der Waals surface area contributed by atoms with Crippen molar-refractivity contribution in [2.24, 2.45) is 5.92 Å². The van der Waals surface area contributed by atoms with Crippen LogP contribution in [0.2, 0.25) is 0 Å². The molecule has 0 spiro atoms. The van der Waals surface area contributed by atoms with E-state index in [-0.39, 0.29) is 0 Å². The molecule has 0 N–H and O–H groups in total. The molecule has 3 heteroatoms. The second-order valence-electron chi connectivity index (χ2n) is 6.77. The molecule has 2 heterocycles. The highest BCUT2D eigenvalue weighted by Gasteiger charge is 2.27. The summed E-state index contributed by atoms with van der Waals surface area (Å²) >= 11 is 0. The van der Waals surface area contributed by atoms with Gasteiger partial charge in [-0.2, -0.15) is 5.10 Å². The first-order valence-electron chi connectivity index (χ1n) is 7.94. The maximum Gasteiger partial charge on any atom is 0.0546 e. The Morgan fingerprint density at radius 2 is 1.95 bits per heavy atom. The largest absolute Gasteiger partial charge is 0.301 e. The van der Waals surface area contributed by atoms with Crippen LogP contribution in [0.5, 0.6) is 0 Å². The van der Waals surface area contributed by atoms with Gasteiger partial charge in [0.2, 0.25) is 0 Å². The third-order valence-corrected chi connectivity index (χ3v) is 5.00. The zero-order chi connectivity index (χ0) is 13.4. The minimum absolute atomic E-state index is 0.646. The molecule has 19 heavy (non-hydrogen) atoms. The molecule has 1 saturated heterocycles. The van der Waals surface area contributed by atoms with Gasteiger partial charge in [-0.1, -0.05) is 6.92 Å². The molecule has 0 amide bonds. The summed E-state index contributed by atoms with van der Waals surface area (Å²) < 4.78 is 2.37. The van der Waals surface area contributed by atoms with E-state index < -0.39 is 0 Å². The lowest BCUT2D eigenvalue weighted by molar-refractivity contribution is 0.145. The minimum Gasteiger partial charge on any atom is -0.301 e. The zero-order valence-electron chi connectivity index (χ0n) is 12.6. The van der Waals surface area contributed by atoms with Gasteiger partial charge >= 0.3 is 0 Å². The zero-order valence-corrected chi connectivity index (χ0v) is 12.6. The van der Waals surface area contributed by atoms with Crippen molar-refractivity contribution in [3.05, 3.63) is 17.5 Å². The van der Waals surface area contributed by atoms with E-state index in [2.05, 4.69) is 36.5 Å². The molecule has 3 rings (SSSR count). The number of nitrogens with zero attached hydrogens (tertiary/aromatic N) is 3. The van der Waals surface area contributed by atoms with E-state index in [0.717, 1.165) is 5.92 Å². The maximum absolute atomic E-state index is 4.72. The summed E-state index contributed by atoms with van der Waals surface area (Å²) in [4.78, 5) is 2.59. The van der Waals surface area contributed by atoms with E-state index in [1.54, 1.807) is 5.69 Å². The smallest absolute Gasteiger partial charge is 0.0546 e. The summed E-state index contributed by atoms with van der Waals surface area (Å²) in [5, 5.41) is 4.72. The van der Waals surface area contributed by atoms with Crippen molar-refractivity contribution in [2.75, 3.05) is 13.1 Å². The van der Waals surface area contributed by atoms with Gasteiger partial charge in [-0.25, -0.2) is 0 Å². The first kappa shape index (κ1) is 13.2. The van der Waals surface area contributed by atoms with Crippen LogP contribution < -0.4 is 0 Å². The summed E-state index contributed by atoms with van der Waals surface area (Å²) in [5.41, 5.74) is 3.06. The summed E-state index contributed by atoms with van der Waals surface area (Å²) in [6.45, 7) is 9.43. The van der Waals surface area contributed by atoms with E-state index in [4.69, 9.17) is 5.10 Å². The van der Waals surface area contributed by atoms with Gasteiger partial charge < -0.3 is 4.90 Å². The Balaban J connectivity index is 1.71. The van der Waals surface area contributed by atoms with E-state index in [1.165, 1.54) is 50.8 Å². The molecule has 0 radical (unpaired) electrons.